The Hall–Kier alpha value is -0.830. The van der Waals surface area contributed by atoms with E-state index < -0.39 is 0 Å². The van der Waals surface area contributed by atoms with Gasteiger partial charge in [-0.25, -0.2) is 0 Å². The van der Waals surface area contributed by atoms with E-state index in [0.717, 1.165) is 0 Å². The summed E-state index contributed by atoms with van der Waals surface area (Å²) in [5.41, 5.74) is 4.25. The highest BCUT2D eigenvalue weighted by Gasteiger charge is 2.19. The predicted molar refractivity (Wildman–Crippen MR) is 48.1 cm³/mol. The van der Waals surface area contributed by atoms with Crippen molar-refractivity contribution >= 4 is 17.6 Å². The third kappa shape index (κ3) is 2.05. The molecule has 0 aromatic carbocycles. The standard InChI is InChI=1S/C8H10N2S/c1-2-8(1)10-9-5-7-3-4-11-6-7/h3-6,8,10H,1-2H2/b9-5+. The fourth-order valence-electron chi connectivity index (χ4n) is 0.778. The summed E-state index contributed by atoms with van der Waals surface area (Å²) in [4.78, 5) is 0. The van der Waals surface area contributed by atoms with Crippen LogP contribution in [0.4, 0.5) is 0 Å². The van der Waals surface area contributed by atoms with E-state index in [9.17, 15) is 0 Å². The van der Waals surface area contributed by atoms with Crippen molar-refractivity contribution in [2.45, 2.75) is 18.9 Å². The quantitative estimate of drug-likeness (QED) is 0.537. The molecule has 11 heavy (non-hydrogen) atoms. The largest absolute Gasteiger partial charge is 0.307 e. The molecule has 1 fully saturated rings. The Labute approximate surface area is 69.9 Å². The SMILES string of the molecule is C(=N\NC1CC1)/c1ccsc1. The molecule has 0 amide bonds. The average molecular weight is 166 g/mol. The topological polar surface area (TPSA) is 24.4 Å². The van der Waals surface area contributed by atoms with Gasteiger partial charge < -0.3 is 5.43 Å². The number of hydrogen-bond acceptors (Lipinski definition) is 3. The lowest BCUT2D eigenvalue weighted by Crippen LogP contribution is -2.07. The zero-order chi connectivity index (χ0) is 7.52. The monoisotopic (exact) mass is 166 g/mol. The molecule has 0 bridgehead atoms. The number of hydrogen-bond donors (Lipinski definition) is 1. The second kappa shape index (κ2) is 3.05. The van der Waals surface area contributed by atoms with Gasteiger partial charge in [0.15, 0.2) is 0 Å². The Morgan fingerprint density at radius 3 is 3.18 bits per heavy atom. The molecule has 0 atom stereocenters. The van der Waals surface area contributed by atoms with Gasteiger partial charge in [-0.15, -0.1) is 0 Å². The summed E-state index contributed by atoms with van der Waals surface area (Å²) >= 11 is 1.70. The summed E-state index contributed by atoms with van der Waals surface area (Å²) in [6.07, 6.45) is 4.43. The van der Waals surface area contributed by atoms with Crippen LogP contribution in [0.15, 0.2) is 21.9 Å². The minimum atomic E-state index is 0.657. The van der Waals surface area contributed by atoms with Gasteiger partial charge in [-0.3, -0.25) is 0 Å². The number of nitrogens with one attached hydrogen (secondary N) is 1. The molecule has 1 aromatic heterocycles. The molecule has 1 N–H and O–H groups in total. The minimum absolute atomic E-state index is 0.657. The van der Waals surface area contributed by atoms with Gasteiger partial charge in [0.05, 0.1) is 6.21 Å². The van der Waals surface area contributed by atoms with E-state index in [4.69, 9.17) is 0 Å². The van der Waals surface area contributed by atoms with Gasteiger partial charge >= 0.3 is 0 Å². The molecule has 0 aliphatic heterocycles. The normalized spacial score (nSPS) is 17.5. The van der Waals surface area contributed by atoms with Crippen molar-refractivity contribution < 1.29 is 0 Å². The second-order valence-corrected chi connectivity index (χ2v) is 3.50. The Morgan fingerprint density at radius 1 is 1.64 bits per heavy atom. The maximum atomic E-state index is 4.11. The van der Waals surface area contributed by atoms with Crippen LogP contribution in [0, 0.1) is 0 Å². The first-order valence-corrected chi connectivity index (χ1v) is 4.70. The van der Waals surface area contributed by atoms with Gasteiger partial charge in [-0.2, -0.15) is 16.4 Å². The van der Waals surface area contributed by atoms with Crippen LogP contribution in [0.25, 0.3) is 0 Å². The van der Waals surface area contributed by atoms with Gasteiger partial charge in [0.1, 0.15) is 0 Å². The molecule has 58 valence electrons. The first kappa shape index (κ1) is 6.85. The van der Waals surface area contributed by atoms with E-state index in [1.807, 2.05) is 6.21 Å². The van der Waals surface area contributed by atoms with Gasteiger partial charge in [0.2, 0.25) is 0 Å². The fourth-order valence-corrected chi connectivity index (χ4v) is 1.39. The van der Waals surface area contributed by atoms with E-state index in [0.29, 0.717) is 6.04 Å². The molecule has 2 rings (SSSR count). The van der Waals surface area contributed by atoms with E-state index in [1.54, 1.807) is 11.3 Å². The summed E-state index contributed by atoms with van der Waals surface area (Å²) in [7, 11) is 0. The van der Waals surface area contributed by atoms with Crippen LogP contribution in [-0.2, 0) is 0 Å². The molecule has 2 nitrogen and oxygen atoms in total. The van der Waals surface area contributed by atoms with Crippen LogP contribution in [0.3, 0.4) is 0 Å². The van der Waals surface area contributed by atoms with E-state index in [1.165, 1.54) is 18.4 Å². The highest BCUT2D eigenvalue weighted by atomic mass is 32.1. The zero-order valence-corrected chi connectivity index (χ0v) is 6.97. The highest BCUT2D eigenvalue weighted by molar-refractivity contribution is 7.08. The van der Waals surface area contributed by atoms with Crippen LogP contribution in [0.5, 0.6) is 0 Å². The molecule has 1 aromatic rings. The molecular weight excluding hydrogens is 156 g/mol. The summed E-state index contributed by atoms with van der Waals surface area (Å²) in [5, 5.41) is 8.24. The third-order valence-corrected chi connectivity index (χ3v) is 2.29. The molecule has 1 aliphatic carbocycles. The first-order chi connectivity index (χ1) is 5.45. The van der Waals surface area contributed by atoms with Crippen molar-refractivity contribution in [3.63, 3.8) is 0 Å². The Kier molecular flexibility index (Phi) is 1.90. The number of thiophene rings is 1. The molecule has 0 unspecified atom stereocenters. The zero-order valence-electron chi connectivity index (χ0n) is 6.16. The van der Waals surface area contributed by atoms with Crippen molar-refractivity contribution in [2.75, 3.05) is 0 Å². The molecule has 0 saturated heterocycles. The van der Waals surface area contributed by atoms with Crippen LogP contribution in [0.2, 0.25) is 0 Å². The molecule has 0 radical (unpaired) electrons. The number of hydrazone groups is 1. The molecule has 1 saturated carbocycles. The summed E-state index contributed by atoms with van der Waals surface area (Å²) < 4.78 is 0. The maximum Gasteiger partial charge on any atom is 0.0548 e. The van der Waals surface area contributed by atoms with Crippen molar-refractivity contribution in [2.24, 2.45) is 5.10 Å². The molecule has 3 heteroatoms. The van der Waals surface area contributed by atoms with Crippen molar-refractivity contribution in [3.8, 4) is 0 Å². The predicted octanol–water partition coefficient (Wildman–Crippen LogP) is 1.83. The van der Waals surface area contributed by atoms with Crippen LogP contribution >= 0.6 is 11.3 Å². The van der Waals surface area contributed by atoms with Crippen molar-refractivity contribution in [1.29, 1.82) is 0 Å². The summed E-state index contributed by atoms with van der Waals surface area (Å²) in [6, 6.07) is 2.72. The van der Waals surface area contributed by atoms with Crippen molar-refractivity contribution in [1.82, 2.24) is 5.43 Å². The Bertz CT molecular complexity index is 237. The van der Waals surface area contributed by atoms with Gasteiger partial charge in [-0.1, -0.05) is 0 Å². The van der Waals surface area contributed by atoms with Crippen LogP contribution < -0.4 is 5.43 Å². The average Bonchev–Trinajstić information content (AvgIpc) is 2.66. The highest BCUT2D eigenvalue weighted by Crippen LogP contribution is 2.18. The summed E-state index contributed by atoms with van der Waals surface area (Å²) in [5.74, 6) is 0. The van der Waals surface area contributed by atoms with Gasteiger partial charge in [-0.05, 0) is 29.7 Å². The number of nitrogens with zero attached hydrogens (tertiary/aromatic N) is 1. The molecule has 1 heterocycles. The van der Waals surface area contributed by atoms with Gasteiger partial charge in [0, 0.05) is 11.6 Å². The second-order valence-electron chi connectivity index (χ2n) is 2.72. The minimum Gasteiger partial charge on any atom is -0.307 e. The lowest BCUT2D eigenvalue weighted by atomic mass is 10.4. The van der Waals surface area contributed by atoms with Crippen molar-refractivity contribution in [3.05, 3.63) is 22.4 Å². The first-order valence-electron chi connectivity index (χ1n) is 3.76. The smallest absolute Gasteiger partial charge is 0.0548 e. The van der Waals surface area contributed by atoms with E-state index in [-0.39, 0.29) is 0 Å². The van der Waals surface area contributed by atoms with Crippen LogP contribution in [-0.4, -0.2) is 12.3 Å². The van der Waals surface area contributed by atoms with E-state index in [2.05, 4.69) is 27.4 Å². The Morgan fingerprint density at radius 2 is 2.55 bits per heavy atom. The molecular formula is C8H10N2S. The lowest BCUT2D eigenvalue weighted by molar-refractivity contribution is 0.741. The third-order valence-electron chi connectivity index (χ3n) is 1.59. The fraction of sp³-hybridized carbons (Fsp3) is 0.375. The van der Waals surface area contributed by atoms with E-state index >= 15 is 0 Å². The summed E-state index contributed by atoms with van der Waals surface area (Å²) in [6.45, 7) is 0. The molecule has 1 aliphatic rings. The molecule has 0 spiro atoms. The Balaban J connectivity index is 1.83. The lowest BCUT2D eigenvalue weighted by Gasteiger charge is -1.91. The number of rotatable bonds is 3. The van der Waals surface area contributed by atoms with Crippen LogP contribution in [0.1, 0.15) is 18.4 Å². The maximum absolute atomic E-state index is 4.11. The van der Waals surface area contributed by atoms with Gasteiger partial charge in [0.25, 0.3) is 0 Å².